The summed E-state index contributed by atoms with van der Waals surface area (Å²) in [6.45, 7) is 6.40. The van der Waals surface area contributed by atoms with Gasteiger partial charge >= 0.3 is 6.09 Å². The van der Waals surface area contributed by atoms with Gasteiger partial charge in [0.05, 0.1) is 12.5 Å². The summed E-state index contributed by atoms with van der Waals surface area (Å²) in [7, 11) is -3.55. The van der Waals surface area contributed by atoms with Crippen LogP contribution < -0.4 is 0 Å². The normalized spacial score (nSPS) is 21.6. The molecular formula is C18H27N3O5S2. The monoisotopic (exact) mass is 429 g/mol. The van der Waals surface area contributed by atoms with Gasteiger partial charge < -0.3 is 14.5 Å². The molecule has 28 heavy (non-hydrogen) atoms. The van der Waals surface area contributed by atoms with Gasteiger partial charge in [-0.15, -0.1) is 11.3 Å². The molecule has 156 valence electrons. The molecule has 2 saturated heterocycles. The summed E-state index contributed by atoms with van der Waals surface area (Å²) in [5, 5.41) is 0. The van der Waals surface area contributed by atoms with Crippen molar-refractivity contribution in [3.05, 3.63) is 17.0 Å². The van der Waals surface area contributed by atoms with Gasteiger partial charge in [-0.05, 0) is 38.8 Å². The summed E-state index contributed by atoms with van der Waals surface area (Å²) >= 11 is 1.26. The number of aryl methyl sites for hydroxylation is 1. The minimum absolute atomic E-state index is 0.0224. The number of hydrogen-bond acceptors (Lipinski definition) is 6. The van der Waals surface area contributed by atoms with E-state index in [0.717, 1.165) is 4.88 Å². The van der Waals surface area contributed by atoms with Crippen LogP contribution in [0.4, 0.5) is 4.79 Å². The molecule has 1 atom stereocenters. The smallest absolute Gasteiger partial charge is 0.409 e. The van der Waals surface area contributed by atoms with Crippen LogP contribution in [0.3, 0.4) is 0 Å². The van der Waals surface area contributed by atoms with Crippen LogP contribution in [-0.2, 0) is 19.6 Å². The molecule has 3 heterocycles. The van der Waals surface area contributed by atoms with Crippen molar-refractivity contribution < 1.29 is 22.7 Å². The van der Waals surface area contributed by atoms with E-state index < -0.39 is 10.0 Å². The molecule has 2 aliphatic rings. The number of piperazine rings is 1. The van der Waals surface area contributed by atoms with Crippen molar-refractivity contribution in [3.63, 3.8) is 0 Å². The number of ether oxygens (including phenoxy) is 1. The fraction of sp³-hybridized carbons (Fsp3) is 0.667. The Morgan fingerprint density at radius 2 is 1.82 bits per heavy atom. The predicted octanol–water partition coefficient (Wildman–Crippen LogP) is 1.76. The standard InChI is InChI=1S/C18H27N3O5S2/c1-3-26-18(23)20-11-9-19(10-12-20)17(22)15-5-4-8-21(13-15)28(24,25)16-7-6-14(2)27-16/h6-7,15H,3-5,8-13H2,1-2H3/t15-/m0/s1. The van der Waals surface area contributed by atoms with E-state index in [1.54, 1.807) is 28.9 Å². The second-order valence-corrected chi connectivity index (χ2v) is 10.5. The highest BCUT2D eigenvalue weighted by Crippen LogP contribution is 2.29. The summed E-state index contributed by atoms with van der Waals surface area (Å²) in [6.07, 6.45) is 1.01. The lowest BCUT2D eigenvalue weighted by molar-refractivity contribution is -0.138. The molecule has 2 amide bonds. The minimum atomic E-state index is -3.55. The minimum Gasteiger partial charge on any atom is -0.450 e. The molecule has 3 rings (SSSR count). The third-order valence-corrected chi connectivity index (χ3v) is 8.49. The highest BCUT2D eigenvalue weighted by atomic mass is 32.2. The summed E-state index contributed by atoms with van der Waals surface area (Å²) in [4.78, 5) is 29.0. The molecule has 2 aliphatic heterocycles. The fourth-order valence-electron chi connectivity index (χ4n) is 3.62. The first kappa shape index (κ1) is 21.1. The first-order valence-corrected chi connectivity index (χ1v) is 11.9. The second-order valence-electron chi connectivity index (χ2n) is 7.08. The average Bonchev–Trinajstić information content (AvgIpc) is 3.15. The molecule has 10 heteroatoms. The van der Waals surface area contributed by atoms with Gasteiger partial charge in [0.2, 0.25) is 5.91 Å². The third kappa shape index (κ3) is 4.49. The largest absolute Gasteiger partial charge is 0.450 e. The summed E-state index contributed by atoms with van der Waals surface area (Å²) in [5.41, 5.74) is 0. The number of piperidine rings is 1. The Labute approximate surface area is 170 Å². The molecule has 8 nitrogen and oxygen atoms in total. The van der Waals surface area contributed by atoms with Gasteiger partial charge in [0.1, 0.15) is 4.21 Å². The van der Waals surface area contributed by atoms with Gasteiger partial charge in [-0.2, -0.15) is 4.31 Å². The van der Waals surface area contributed by atoms with E-state index in [1.165, 1.54) is 15.6 Å². The van der Waals surface area contributed by atoms with Gasteiger partial charge in [0, 0.05) is 44.1 Å². The first-order chi connectivity index (χ1) is 13.3. The first-order valence-electron chi connectivity index (χ1n) is 9.60. The molecular weight excluding hydrogens is 402 g/mol. The van der Waals surface area contributed by atoms with E-state index >= 15 is 0 Å². The average molecular weight is 430 g/mol. The van der Waals surface area contributed by atoms with Gasteiger partial charge in [-0.25, -0.2) is 13.2 Å². The summed E-state index contributed by atoms with van der Waals surface area (Å²) in [5.74, 6) is -0.357. The molecule has 0 saturated carbocycles. The van der Waals surface area contributed by atoms with E-state index in [4.69, 9.17) is 4.74 Å². The quantitative estimate of drug-likeness (QED) is 0.728. The summed E-state index contributed by atoms with van der Waals surface area (Å²) < 4.78 is 32.5. The number of thiophene rings is 1. The van der Waals surface area contributed by atoms with Gasteiger partial charge in [0.25, 0.3) is 10.0 Å². The Morgan fingerprint density at radius 3 is 2.43 bits per heavy atom. The Balaban J connectivity index is 1.60. The maximum Gasteiger partial charge on any atom is 0.409 e. The van der Waals surface area contributed by atoms with Crippen LogP contribution in [0.5, 0.6) is 0 Å². The van der Waals surface area contributed by atoms with Crippen LogP contribution in [0.1, 0.15) is 24.6 Å². The maximum absolute atomic E-state index is 12.9. The van der Waals surface area contributed by atoms with Crippen LogP contribution in [-0.4, -0.2) is 80.4 Å². The Hall–Kier alpha value is -1.65. The number of carbonyl (C=O) groups excluding carboxylic acids is 2. The van der Waals surface area contributed by atoms with Gasteiger partial charge in [-0.1, -0.05) is 0 Å². The van der Waals surface area contributed by atoms with Crippen LogP contribution in [0.15, 0.2) is 16.3 Å². The van der Waals surface area contributed by atoms with Crippen LogP contribution >= 0.6 is 11.3 Å². The number of carbonyl (C=O) groups is 2. The van der Waals surface area contributed by atoms with Crippen molar-refractivity contribution in [3.8, 4) is 0 Å². The van der Waals surface area contributed by atoms with E-state index in [0.29, 0.717) is 56.4 Å². The van der Waals surface area contributed by atoms with Gasteiger partial charge in [0.15, 0.2) is 0 Å². The lowest BCUT2D eigenvalue weighted by Crippen LogP contribution is -2.54. The molecule has 0 spiro atoms. The van der Waals surface area contributed by atoms with Crippen molar-refractivity contribution in [1.82, 2.24) is 14.1 Å². The van der Waals surface area contributed by atoms with Crippen LogP contribution in [0.25, 0.3) is 0 Å². The zero-order chi connectivity index (χ0) is 20.3. The zero-order valence-corrected chi connectivity index (χ0v) is 17.9. The number of amides is 2. The zero-order valence-electron chi connectivity index (χ0n) is 16.3. The SMILES string of the molecule is CCOC(=O)N1CCN(C(=O)[C@H]2CCCN(S(=O)(=O)c3ccc(C)s3)C2)CC1. The molecule has 0 aliphatic carbocycles. The highest BCUT2D eigenvalue weighted by Gasteiger charge is 2.36. The van der Waals surface area contributed by atoms with Crippen molar-refractivity contribution in [2.24, 2.45) is 5.92 Å². The molecule has 0 radical (unpaired) electrons. The van der Waals surface area contributed by atoms with Crippen molar-refractivity contribution in [2.45, 2.75) is 30.9 Å². The lowest BCUT2D eigenvalue weighted by atomic mass is 9.98. The number of hydrogen-bond donors (Lipinski definition) is 0. The molecule has 1 aromatic heterocycles. The summed E-state index contributed by atoms with van der Waals surface area (Å²) in [6, 6.07) is 3.43. The Bertz CT molecular complexity index is 815. The molecule has 2 fully saturated rings. The van der Waals surface area contributed by atoms with E-state index in [-0.39, 0.29) is 24.5 Å². The van der Waals surface area contributed by atoms with Crippen molar-refractivity contribution in [2.75, 3.05) is 45.9 Å². The van der Waals surface area contributed by atoms with E-state index in [9.17, 15) is 18.0 Å². The Morgan fingerprint density at radius 1 is 1.14 bits per heavy atom. The molecule has 0 N–H and O–H groups in total. The molecule has 0 unspecified atom stereocenters. The highest BCUT2D eigenvalue weighted by molar-refractivity contribution is 7.91. The molecule has 1 aromatic rings. The van der Waals surface area contributed by atoms with Crippen LogP contribution in [0.2, 0.25) is 0 Å². The van der Waals surface area contributed by atoms with Crippen molar-refractivity contribution >= 4 is 33.4 Å². The van der Waals surface area contributed by atoms with Crippen LogP contribution in [0, 0.1) is 12.8 Å². The molecule has 0 aromatic carbocycles. The number of nitrogens with zero attached hydrogens (tertiary/aromatic N) is 3. The fourth-order valence-corrected chi connectivity index (χ4v) is 6.58. The Kier molecular flexibility index (Phi) is 6.61. The van der Waals surface area contributed by atoms with Gasteiger partial charge in [-0.3, -0.25) is 4.79 Å². The third-order valence-electron chi connectivity index (χ3n) is 5.16. The van der Waals surface area contributed by atoms with E-state index in [1.807, 2.05) is 6.92 Å². The topological polar surface area (TPSA) is 87.2 Å². The number of sulfonamides is 1. The lowest BCUT2D eigenvalue weighted by Gasteiger charge is -2.38. The maximum atomic E-state index is 12.9. The number of rotatable bonds is 4. The molecule has 0 bridgehead atoms. The van der Waals surface area contributed by atoms with E-state index in [2.05, 4.69) is 0 Å². The van der Waals surface area contributed by atoms with Crippen molar-refractivity contribution in [1.29, 1.82) is 0 Å². The predicted molar refractivity (Wildman–Crippen MR) is 106 cm³/mol. The second kappa shape index (κ2) is 8.79.